The van der Waals surface area contributed by atoms with E-state index < -0.39 is 6.16 Å². The molecule has 278 valence electrons. The van der Waals surface area contributed by atoms with Gasteiger partial charge in [0.15, 0.2) is 0 Å². The van der Waals surface area contributed by atoms with Gasteiger partial charge in [0.05, 0.1) is 26.4 Å². The van der Waals surface area contributed by atoms with Crippen LogP contribution in [-0.4, -0.2) is 50.6 Å². The second-order valence-corrected chi connectivity index (χ2v) is 12.8. The first kappa shape index (κ1) is 39.7. The molecular weight excluding hydrogens is 660 g/mol. The van der Waals surface area contributed by atoms with Crippen molar-refractivity contribution in [1.82, 2.24) is 0 Å². The van der Waals surface area contributed by atoms with E-state index in [1.165, 1.54) is 17.7 Å². The largest absolute Gasteiger partial charge is 0.514 e. The maximum atomic E-state index is 12.6. The van der Waals surface area contributed by atoms with Crippen molar-refractivity contribution in [3.8, 4) is 28.4 Å². The highest BCUT2D eigenvalue weighted by molar-refractivity contribution is 5.81. The van der Waals surface area contributed by atoms with E-state index in [2.05, 4.69) is 25.3 Å². The third kappa shape index (κ3) is 14.7. The Labute approximate surface area is 307 Å². The molecule has 0 spiro atoms. The van der Waals surface area contributed by atoms with Crippen LogP contribution in [0.1, 0.15) is 88.5 Å². The lowest BCUT2D eigenvalue weighted by Gasteiger charge is -2.28. The Balaban J connectivity index is 1.07. The van der Waals surface area contributed by atoms with Crippen molar-refractivity contribution in [2.24, 2.45) is 0 Å². The van der Waals surface area contributed by atoms with Gasteiger partial charge in [0.25, 0.3) is 0 Å². The molecule has 1 saturated carbocycles. The van der Waals surface area contributed by atoms with E-state index in [4.69, 9.17) is 28.4 Å². The van der Waals surface area contributed by atoms with Crippen LogP contribution in [0.15, 0.2) is 98.1 Å². The fourth-order valence-corrected chi connectivity index (χ4v) is 6.02. The Morgan fingerprint density at radius 1 is 0.538 bits per heavy atom. The molecule has 0 atom stereocenters. The Kier molecular flexibility index (Phi) is 17.3. The summed E-state index contributed by atoms with van der Waals surface area (Å²) >= 11 is 0. The maximum absolute atomic E-state index is 12.6. The summed E-state index contributed by atoms with van der Waals surface area (Å²) in [5.41, 5.74) is 3.31. The average Bonchev–Trinajstić information content (AvgIpc) is 3.17. The molecule has 0 saturated heterocycles. The lowest BCUT2D eigenvalue weighted by molar-refractivity contribution is -0.138. The molecule has 9 heteroatoms. The molecule has 9 nitrogen and oxygen atoms in total. The van der Waals surface area contributed by atoms with E-state index in [1.54, 1.807) is 12.1 Å². The summed E-state index contributed by atoms with van der Waals surface area (Å²) in [6.07, 6.45) is 12.5. The van der Waals surface area contributed by atoms with Crippen molar-refractivity contribution in [3.05, 3.63) is 104 Å². The molecule has 52 heavy (non-hydrogen) atoms. The molecule has 0 unspecified atom stereocenters. The maximum Gasteiger partial charge on any atom is 0.514 e. The van der Waals surface area contributed by atoms with Crippen LogP contribution in [0.4, 0.5) is 4.79 Å². The summed E-state index contributed by atoms with van der Waals surface area (Å²) in [5.74, 6) is 1.78. The van der Waals surface area contributed by atoms with Gasteiger partial charge in [0.1, 0.15) is 23.4 Å². The molecular formula is C43H52O9. The van der Waals surface area contributed by atoms with Crippen LogP contribution in [0.3, 0.4) is 0 Å². The minimum absolute atomic E-state index is 0.158. The highest BCUT2D eigenvalue weighted by atomic mass is 16.7. The van der Waals surface area contributed by atoms with Gasteiger partial charge in [-0.25, -0.2) is 14.4 Å². The van der Waals surface area contributed by atoms with Crippen molar-refractivity contribution in [2.75, 3.05) is 26.4 Å². The fourth-order valence-electron chi connectivity index (χ4n) is 6.02. The number of hydrogen-bond donors (Lipinski definition) is 0. The van der Waals surface area contributed by atoms with E-state index in [0.717, 1.165) is 99.7 Å². The van der Waals surface area contributed by atoms with Crippen molar-refractivity contribution in [1.29, 1.82) is 0 Å². The van der Waals surface area contributed by atoms with E-state index in [-0.39, 0.29) is 18.0 Å². The minimum atomic E-state index is -0.675. The third-order valence-electron chi connectivity index (χ3n) is 8.97. The number of unbranched alkanes of at least 4 members (excludes halogenated alkanes) is 6. The van der Waals surface area contributed by atoms with Gasteiger partial charge in [-0.2, -0.15) is 0 Å². The number of rotatable bonds is 22. The molecule has 0 N–H and O–H groups in total. The zero-order valence-corrected chi connectivity index (χ0v) is 30.1. The quantitative estimate of drug-likeness (QED) is 0.0331. The van der Waals surface area contributed by atoms with Crippen LogP contribution in [0.25, 0.3) is 11.1 Å². The number of ether oxygens (including phenoxy) is 6. The zero-order chi connectivity index (χ0) is 36.8. The van der Waals surface area contributed by atoms with Gasteiger partial charge in [0.2, 0.25) is 0 Å². The number of benzene rings is 3. The van der Waals surface area contributed by atoms with Gasteiger partial charge in [-0.05, 0) is 136 Å². The molecule has 0 heterocycles. The van der Waals surface area contributed by atoms with Crippen molar-refractivity contribution in [2.45, 2.75) is 89.1 Å². The van der Waals surface area contributed by atoms with Gasteiger partial charge >= 0.3 is 18.1 Å². The molecule has 0 radical (unpaired) electrons. The third-order valence-corrected chi connectivity index (χ3v) is 8.97. The summed E-state index contributed by atoms with van der Waals surface area (Å²) in [6.45, 7) is 8.90. The Morgan fingerprint density at radius 2 is 0.962 bits per heavy atom. The van der Waals surface area contributed by atoms with Crippen molar-refractivity contribution >= 4 is 18.1 Å². The number of hydrogen-bond acceptors (Lipinski definition) is 9. The molecule has 0 amide bonds. The molecule has 1 aliphatic rings. The molecule has 0 aromatic heterocycles. The van der Waals surface area contributed by atoms with E-state index in [9.17, 15) is 14.4 Å². The summed E-state index contributed by atoms with van der Waals surface area (Å²) in [4.78, 5) is 34.6. The van der Waals surface area contributed by atoms with Gasteiger partial charge in [-0.15, -0.1) is 0 Å². The molecule has 0 aliphatic heterocycles. The first-order valence-corrected chi connectivity index (χ1v) is 18.5. The molecule has 3 aromatic rings. The highest BCUT2D eigenvalue weighted by Gasteiger charge is 2.25. The first-order chi connectivity index (χ1) is 25.4. The minimum Gasteiger partial charge on any atom is -0.494 e. The number of carbonyl (C=O) groups is 3. The predicted molar refractivity (Wildman–Crippen MR) is 201 cm³/mol. The van der Waals surface area contributed by atoms with Gasteiger partial charge in [-0.1, -0.05) is 49.6 Å². The van der Waals surface area contributed by atoms with E-state index in [0.29, 0.717) is 38.1 Å². The lowest BCUT2D eigenvalue weighted by Crippen LogP contribution is -2.25. The summed E-state index contributed by atoms with van der Waals surface area (Å²) < 4.78 is 32.9. The van der Waals surface area contributed by atoms with Crippen LogP contribution in [-0.2, 0) is 23.8 Å². The summed E-state index contributed by atoms with van der Waals surface area (Å²) in [7, 11) is 0. The molecule has 3 aromatic carbocycles. The number of carbonyl (C=O) groups excluding carboxylic acids is 3. The smallest absolute Gasteiger partial charge is 0.494 e. The topological polar surface area (TPSA) is 107 Å². The van der Waals surface area contributed by atoms with Crippen LogP contribution in [0, 0.1) is 0 Å². The fraction of sp³-hybridized carbons (Fsp3) is 0.419. The number of esters is 2. The van der Waals surface area contributed by atoms with Gasteiger partial charge in [0, 0.05) is 12.2 Å². The van der Waals surface area contributed by atoms with Gasteiger partial charge in [-0.3, -0.25) is 0 Å². The molecule has 4 rings (SSSR count). The van der Waals surface area contributed by atoms with Crippen LogP contribution >= 0.6 is 0 Å². The Hall–Kier alpha value is -5.05. The zero-order valence-electron chi connectivity index (χ0n) is 30.1. The first-order valence-electron chi connectivity index (χ1n) is 18.5. The van der Waals surface area contributed by atoms with Gasteiger partial charge < -0.3 is 28.4 Å². The van der Waals surface area contributed by atoms with Crippen LogP contribution < -0.4 is 14.2 Å². The SMILES string of the molecule is C=CC(=O)OCCCCCCOc1ccc(-c2ccc(OC(=O)O[C@H]3CC[C@H](c4ccc(OCCCCCCOC(=O)C=C)cc4)CC3)cc2)cc1. The predicted octanol–water partition coefficient (Wildman–Crippen LogP) is 9.93. The van der Waals surface area contributed by atoms with E-state index in [1.807, 2.05) is 48.5 Å². The van der Waals surface area contributed by atoms with E-state index >= 15 is 0 Å². The van der Waals surface area contributed by atoms with Crippen molar-refractivity contribution in [3.63, 3.8) is 0 Å². The highest BCUT2D eigenvalue weighted by Crippen LogP contribution is 2.35. The lowest BCUT2D eigenvalue weighted by atomic mass is 9.83. The van der Waals surface area contributed by atoms with Crippen LogP contribution in [0.2, 0.25) is 0 Å². The second kappa shape index (κ2) is 22.7. The van der Waals surface area contributed by atoms with Crippen molar-refractivity contribution < 1.29 is 42.8 Å². The summed E-state index contributed by atoms with van der Waals surface area (Å²) in [6, 6.07) is 23.6. The Morgan fingerprint density at radius 3 is 1.42 bits per heavy atom. The molecule has 1 aliphatic carbocycles. The molecule has 0 bridgehead atoms. The average molecular weight is 713 g/mol. The molecule has 1 fully saturated rings. The second-order valence-electron chi connectivity index (χ2n) is 12.8. The monoisotopic (exact) mass is 712 g/mol. The van der Waals surface area contributed by atoms with Crippen LogP contribution in [0.5, 0.6) is 17.2 Å². The summed E-state index contributed by atoms with van der Waals surface area (Å²) in [5, 5.41) is 0. The Bertz CT molecular complexity index is 1520. The standard InChI is InChI=1S/C43H52O9/c1-3-41(44)49-31-11-7-5-9-29-47-37-21-13-33(14-22-37)35-17-25-39(26-18-35)51-43(46)52-40-27-19-36(20-28-40)34-15-23-38(24-16-34)48-30-10-6-8-12-32-50-42(45)4-2/h3-4,13-18,21-26,36,40H,1-2,5-12,19-20,27-32H2/t36-,40-. The normalized spacial score (nSPS) is 15.2.